The Bertz CT molecular complexity index is 1350. The molecule has 184 valence electrons. The number of nitrogens with zero attached hydrogens (tertiary/aromatic N) is 2. The average molecular weight is 513 g/mol. The number of ether oxygens (including phenoxy) is 1. The zero-order valence-electron chi connectivity index (χ0n) is 19.9. The van der Waals surface area contributed by atoms with E-state index < -0.39 is 5.91 Å². The van der Waals surface area contributed by atoms with Crippen molar-refractivity contribution in [2.24, 2.45) is 5.73 Å². The molecule has 0 fully saturated rings. The lowest BCUT2D eigenvalue weighted by atomic mass is 10.1. The third-order valence-electron chi connectivity index (χ3n) is 5.63. The van der Waals surface area contributed by atoms with Crippen LogP contribution in [0.4, 0.5) is 0 Å². The van der Waals surface area contributed by atoms with E-state index in [1.165, 1.54) is 11.3 Å². The van der Waals surface area contributed by atoms with Gasteiger partial charge in [-0.25, -0.2) is 4.98 Å². The molecule has 4 aromatic rings. The Hall–Kier alpha value is -2.91. The largest absolute Gasteiger partial charge is 0.485 e. The van der Waals surface area contributed by atoms with Crippen molar-refractivity contribution in [3.63, 3.8) is 0 Å². The maximum Gasteiger partial charge on any atom is 0.222 e. The number of primary amides is 1. The highest BCUT2D eigenvalue weighted by atomic mass is 35.5. The monoisotopic (exact) mass is 512 g/mol. The molecule has 1 amide bonds. The number of fused-ring (bicyclic) bond motifs is 1. The van der Waals surface area contributed by atoms with E-state index in [-0.39, 0.29) is 19.1 Å². The topological polar surface area (TPSA) is 102 Å². The predicted molar refractivity (Wildman–Crippen MR) is 140 cm³/mol. The van der Waals surface area contributed by atoms with Crippen molar-refractivity contribution in [1.82, 2.24) is 14.7 Å². The molecule has 1 aromatic carbocycles. The smallest absolute Gasteiger partial charge is 0.222 e. The molecule has 1 atom stereocenters. The summed E-state index contributed by atoms with van der Waals surface area (Å²) in [5.41, 5.74) is 9.86. The number of hydrogen-bond donors (Lipinski definition) is 3. The van der Waals surface area contributed by atoms with Crippen molar-refractivity contribution < 1.29 is 14.6 Å². The molecule has 0 saturated carbocycles. The van der Waals surface area contributed by atoms with E-state index in [1.54, 1.807) is 6.20 Å². The minimum absolute atomic E-state index is 0.0656. The lowest BCUT2D eigenvalue weighted by molar-refractivity contribution is -0.117. The summed E-state index contributed by atoms with van der Waals surface area (Å²) < 4.78 is 8.24. The summed E-state index contributed by atoms with van der Waals surface area (Å²) in [5, 5.41) is 13.5. The Kier molecular flexibility index (Phi) is 7.76. The summed E-state index contributed by atoms with van der Waals surface area (Å²) in [6.07, 6.45) is 3.35. The molecule has 7 nitrogen and oxygen atoms in total. The predicted octanol–water partition coefficient (Wildman–Crippen LogP) is 4.87. The van der Waals surface area contributed by atoms with Crippen LogP contribution in [0.2, 0.25) is 5.02 Å². The fourth-order valence-corrected chi connectivity index (χ4v) is 5.27. The highest BCUT2D eigenvalue weighted by molar-refractivity contribution is 7.15. The minimum Gasteiger partial charge on any atom is -0.485 e. The van der Waals surface area contributed by atoms with E-state index in [2.05, 4.69) is 24.1 Å². The summed E-state index contributed by atoms with van der Waals surface area (Å²) in [6, 6.07) is 12.0. The molecule has 9 heteroatoms. The number of rotatable bonds is 10. The summed E-state index contributed by atoms with van der Waals surface area (Å²) in [5.74, 6) is 0.155. The third-order valence-corrected chi connectivity index (χ3v) is 7.09. The molecule has 0 aliphatic carbocycles. The molecule has 0 bridgehead atoms. The van der Waals surface area contributed by atoms with Gasteiger partial charge >= 0.3 is 0 Å². The van der Waals surface area contributed by atoms with Gasteiger partial charge in [0.05, 0.1) is 34.7 Å². The maximum atomic E-state index is 11.8. The number of aliphatic hydroxyl groups excluding tert-OH is 1. The van der Waals surface area contributed by atoms with Crippen LogP contribution in [-0.2, 0) is 24.4 Å². The van der Waals surface area contributed by atoms with Gasteiger partial charge in [-0.3, -0.25) is 9.20 Å². The molecule has 3 aromatic heterocycles. The van der Waals surface area contributed by atoms with Crippen molar-refractivity contribution >= 4 is 34.5 Å². The van der Waals surface area contributed by atoms with Gasteiger partial charge < -0.3 is 20.9 Å². The minimum atomic E-state index is -0.434. The van der Waals surface area contributed by atoms with Gasteiger partial charge in [-0.15, -0.1) is 11.3 Å². The summed E-state index contributed by atoms with van der Waals surface area (Å²) in [6.45, 7) is 6.80. The molecule has 35 heavy (non-hydrogen) atoms. The number of aromatic nitrogens is 2. The van der Waals surface area contributed by atoms with Gasteiger partial charge in [-0.2, -0.15) is 0 Å². The van der Waals surface area contributed by atoms with E-state index in [0.29, 0.717) is 16.8 Å². The number of pyridine rings is 1. The number of amides is 1. The number of hydrogen-bond acceptors (Lipinski definition) is 6. The summed E-state index contributed by atoms with van der Waals surface area (Å²) in [4.78, 5) is 17.8. The second-order valence-electron chi connectivity index (χ2n) is 8.76. The molecule has 0 unspecified atom stereocenters. The molecule has 0 aliphatic rings. The van der Waals surface area contributed by atoms with Crippen molar-refractivity contribution in [1.29, 1.82) is 0 Å². The Morgan fingerprint density at radius 3 is 2.69 bits per heavy atom. The van der Waals surface area contributed by atoms with Crippen LogP contribution in [0.1, 0.15) is 48.4 Å². The molecule has 0 aliphatic heterocycles. The van der Waals surface area contributed by atoms with Crippen LogP contribution in [0.25, 0.3) is 16.2 Å². The first-order chi connectivity index (χ1) is 16.7. The number of halogens is 1. The van der Waals surface area contributed by atoms with E-state index in [9.17, 15) is 9.90 Å². The van der Waals surface area contributed by atoms with Crippen LogP contribution in [-0.4, -0.2) is 26.4 Å². The lowest BCUT2D eigenvalue weighted by Gasteiger charge is -2.17. The van der Waals surface area contributed by atoms with Crippen LogP contribution < -0.4 is 15.8 Å². The average Bonchev–Trinajstić information content (AvgIpc) is 3.40. The molecule has 0 saturated heterocycles. The zero-order chi connectivity index (χ0) is 25.1. The molecule has 4 N–H and O–H groups in total. The first-order valence-corrected chi connectivity index (χ1v) is 12.6. The standard InChI is InChI=1S/C26H29ClN4O3S/c1-15(2)29-11-17-4-6-19(20(27)8-17)16(3)34-22-9-23(35-24(22)10-25(28)33)21-12-30-26-7-5-18(14-32)13-31(21)26/h4-9,12-13,15-16,29,32H,10-11,14H2,1-3H3,(H2,28,33)/t16-/m1/s1. The fraction of sp³-hybridized carbons (Fsp3) is 0.308. The van der Waals surface area contributed by atoms with Crippen molar-refractivity contribution in [3.05, 3.63) is 75.4 Å². The van der Waals surface area contributed by atoms with E-state index >= 15 is 0 Å². The molecule has 4 rings (SSSR count). The van der Waals surface area contributed by atoms with Crippen LogP contribution in [0, 0.1) is 0 Å². The van der Waals surface area contributed by atoms with Gasteiger partial charge in [0, 0.05) is 35.4 Å². The quantitative estimate of drug-likeness (QED) is 0.281. The van der Waals surface area contributed by atoms with Crippen LogP contribution >= 0.6 is 22.9 Å². The SMILES string of the molecule is CC(C)NCc1ccc([C@@H](C)Oc2cc(-c3cnc4ccc(CO)cn34)sc2CC(N)=O)c(Cl)c1. The second-order valence-corrected chi connectivity index (χ2v) is 10.3. The first-order valence-electron chi connectivity index (χ1n) is 11.4. The number of thiophene rings is 1. The number of imidazole rings is 1. The van der Waals surface area contributed by atoms with E-state index in [0.717, 1.165) is 44.3 Å². The maximum absolute atomic E-state index is 11.8. The van der Waals surface area contributed by atoms with E-state index in [4.69, 9.17) is 22.1 Å². The lowest BCUT2D eigenvalue weighted by Crippen LogP contribution is -2.21. The number of benzene rings is 1. The third kappa shape index (κ3) is 5.85. The fourth-order valence-electron chi connectivity index (χ4n) is 3.81. The van der Waals surface area contributed by atoms with Crippen LogP contribution in [0.15, 0.2) is 48.8 Å². The van der Waals surface area contributed by atoms with Crippen molar-refractivity contribution in [3.8, 4) is 16.3 Å². The van der Waals surface area contributed by atoms with Gasteiger partial charge in [0.25, 0.3) is 0 Å². The normalized spacial score (nSPS) is 12.4. The van der Waals surface area contributed by atoms with Crippen molar-refractivity contribution in [2.75, 3.05) is 0 Å². The number of carbonyl (C=O) groups is 1. The Morgan fingerprint density at radius 1 is 1.23 bits per heavy atom. The number of nitrogens with two attached hydrogens (primary N) is 1. The molecule has 3 heterocycles. The van der Waals surface area contributed by atoms with Crippen molar-refractivity contribution in [2.45, 2.75) is 52.5 Å². The highest BCUT2D eigenvalue weighted by Gasteiger charge is 2.20. The van der Waals surface area contributed by atoms with Gasteiger partial charge in [0.2, 0.25) is 5.91 Å². The number of carbonyl (C=O) groups excluding carboxylic acids is 1. The highest BCUT2D eigenvalue weighted by Crippen LogP contribution is 2.39. The van der Waals surface area contributed by atoms with Gasteiger partial charge in [-0.1, -0.05) is 43.6 Å². The molecule has 0 spiro atoms. The molecular formula is C26H29ClN4O3S. The first kappa shape index (κ1) is 25.2. The van der Waals surface area contributed by atoms with Crippen LogP contribution in [0.3, 0.4) is 0 Å². The van der Waals surface area contributed by atoms with E-state index in [1.807, 2.05) is 53.9 Å². The number of aliphatic hydroxyl groups is 1. The zero-order valence-corrected chi connectivity index (χ0v) is 21.5. The Labute approximate surface area is 213 Å². The van der Waals surface area contributed by atoms with Crippen LogP contribution in [0.5, 0.6) is 5.75 Å². The summed E-state index contributed by atoms with van der Waals surface area (Å²) >= 11 is 8.04. The number of nitrogens with one attached hydrogen (secondary N) is 1. The Balaban J connectivity index is 1.63. The molecular weight excluding hydrogens is 484 g/mol. The van der Waals surface area contributed by atoms with Gasteiger partial charge in [-0.05, 0) is 30.2 Å². The Morgan fingerprint density at radius 2 is 2.00 bits per heavy atom. The van der Waals surface area contributed by atoms with Gasteiger partial charge in [0.15, 0.2) is 0 Å². The molecule has 0 radical (unpaired) electrons. The van der Waals surface area contributed by atoms with Gasteiger partial charge in [0.1, 0.15) is 17.5 Å². The summed E-state index contributed by atoms with van der Waals surface area (Å²) in [7, 11) is 0. The second kappa shape index (κ2) is 10.8.